The molecular weight excluding hydrogens is 220 g/mol. The van der Waals surface area contributed by atoms with Crippen LogP contribution in [0.25, 0.3) is 22.2 Å². The summed E-state index contributed by atoms with van der Waals surface area (Å²) in [6.07, 6.45) is 0. The van der Waals surface area contributed by atoms with E-state index in [1.807, 2.05) is 25.1 Å². The van der Waals surface area contributed by atoms with E-state index in [0.717, 1.165) is 22.4 Å². The number of rotatable bonds is 1. The molecule has 2 nitrogen and oxygen atoms in total. The van der Waals surface area contributed by atoms with Gasteiger partial charge in [-0.25, -0.2) is 4.98 Å². The average molecular weight is 234 g/mol. The lowest BCUT2D eigenvalue weighted by molar-refractivity contribution is 1.00. The normalized spacial score (nSPS) is 11.1. The molecule has 1 heterocycles. The molecule has 0 amide bonds. The van der Waals surface area contributed by atoms with Gasteiger partial charge in [0.2, 0.25) is 0 Å². The van der Waals surface area contributed by atoms with Gasteiger partial charge in [0, 0.05) is 0 Å². The lowest BCUT2D eigenvalue weighted by Gasteiger charge is -2.05. The Hall–Kier alpha value is -2.09. The Kier molecular flexibility index (Phi) is 2.44. The number of imidazole rings is 1. The molecule has 0 atom stereocenters. The highest BCUT2D eigenvalue weighted by molar-refractivity contribution is 5.85. The molecule has 0 fully saturated rings. The Morgan fingerprint density at radius 1 is 1.00 bits per heavy atom. The van der Waals surface area contributed by atoms with Crippen molar-refractivity contribution in [1.82, 2.24) is 9.55 Å². The van der Waals surface area contributed by atoms with E-state index in [2.05, 4.69) is 36.2 Å². The number of aromatic nitrogens is 2. The van der Waals surface area contributed by atoms with Gasteiger partial charge < -0.3 is 4.57 Å². The molecule has 0 bridgehead atoms. The van der Waals surface area contributed by atoms with E-state index in [1.165, 1.54) is 11.1 Å². The van der Waals surface area contributed by atoms with Crippen molar-refractivity contribution in [3.8, 4) is 11.1 Å². The van der Waals surface area contributed by atoms with E-state index in [9.17, 15) is 0 Å². The first-order valence-electron chi connectivity index (χ1n) is 5.97. The Bertz CT molecular complexity index is 709. The van der Waals surface area contributed by atoms with Crippen LogP contribution in [0.4, 0.5) is 0 Å². The van der Waals surface area contributed by atoms with E-state index in [0.29, 0.717) is 0 Å². The van der Waals surface area contributed by atoms with Crippen molar-refractivity contribution in [3.05, 3.63) is 60.9 Å². The molecule has 0 unspecified atom stereocenters. The largest absolute Gasteiger partial charge is 0.321 e. The maximum atomic E-state index is 6.01. The van der Waals surface area contributed by atoms with Gasteiger partial charge in [-0.15, -0.1) is 0 Å². The zero-order valence-corrected chi connectivity index (χ0v) is 10.5. The van der Waals surface area contributed by atoms with Crippen LogP contribution in [0.15, 0.2) is 42.5 Å². The third-order valence-electron chi connectivity index (χ3n) is 3.27. The predicted octanol–water partition coefficient (Wildman–Crippen LogP) is 3.84. The summed E-state index contributed by atoms with van der Waals surface area (Å²) in [5.74, 6) is 0.832. The standard InChI is InChI=1S/C16H14N2/c1-11-9-14(13-7-5-4-6-8-13)10-15-16(11)17-12(2)18(15)3/h3-10H,1-2H3. The van der Waals surface area contributed by atoms with Crippen LogP contribution in [0.3, 0.4) is 0 Å². The molecule has 3 aromatic rings. The van der Waals surface area contributed by atoms with Crippen LogP contribution in [-0.2, 0) is 0 Å². The molecular formula is C16H14N2. The summed E-state index contributed by atoms with van der Waals surface area (Å²) >= 11 is 0. The molecule has 88 valence electrons. The molecule has 0 saturated heterocycles. The van der Waals surface area contributed by atoms with Gasteiger partial charge in [-0.3, -0.25) is 0 Å². The fourth-order valence-corrected chi connectivity index (χ4v) is 2.28. The number of hydrogen-bond acceptors (Lipinski definition) is 1. The Labute approximate surface area is 107 Å². The second kappa shape index (κ2) is 3.98. The van der Waals surface area contributed by atoms with Crippen LogP contribution >= 0.6 is 0 Å². The summed E-state index contributed by atoms with van der Waals surface area (Å²) < 4.78 is 1.65. The van der Waals surface area contributed by atoms with E-state index < -0.39 is 0 Å². The Balaban J connectivity index is 2.30. The second-order valence-electron chi connectivity index (χ2n) is 4.56. The molecule has 3 rings (SSSR count). The van der Waals surface area contributed by atoms with E-state index >= 15 is 0 Å². The number of aryl methyl sites for hydroxylation is 2. The first-order chi connectivity index (χ1) is 8.66. The van der Waals surface area contributed by atoms with Crippen LogP contribution in [0.1, 0.15) is 11.4 Å². The molecule has 0 saturated carbocycles. The minimum atomic E-state index is 0.832. The van der Waals surface area contributed by atoms with E-state index in [-0.39, 0.29) is 0 Å². The highest BCUT2D eigenvalue weighted by Gasteiger charge is 2.09. The molecule has 2 heteroatoms. The highest BCUT2D eigenvalue weighted by atomic mass is 15.0. The van der Waals surface area contributed by atoms with Gasteiger partial charge in [0.05, 0.1) is 18.1 Å². The fourth-order valence-electron chi connectivity index (χ4n) is 2.28. The van der Waals surface area contributed by atoms with Crippen LogP contribution in [0, 0.1) is 20.9 Å². The first-order valence-corrected chi connectivity index (χ1v) is 5.97. The summed E-state index contributed by atoms with van der Waals surface area (Å²) in [5, 5.41) is 0. The summed E-state index contributed by atoms with van der Waals surface area (Å²) in [6, 6.07) is 14.6. The number of benzene rings is 2. The third-order valence-corrected chi connectivity index (χ3v) is 3.27. The van der Waals surface area contributed by atoms with Crippen LogP contribution in [-0.4, -0.2) is 9.55 Å². The summed E-state index contributed by atoms with van der Waals surface area (Å²) in [5.41, 5.74) is 5.48. The highest BCUT2D eigenvalue weighted by Crippen LogP contribution is 2.27. The van der Waals surface area contributed by atoms with Gasteiger partial charge >= 0.3 is 0 Å². The van der Waals surface area contributed by atoms with Crippen LogP contribution in [0.2, 0.25) is 0 Å². The molecule has 0 spiro atoms. The van der Waals surface area contributed by atoms with Gasteiger partial charge in [0.1, 0.15) is 5.82 Å². The maximum Gasteiger partial charge on any atom is 0.107 e. The van der Waals surface area contributed by atoms with Crippen LogP contribution < -0.4 is 0 Å². The van der Waals surface area contributed by atoms with E-state index in [1.54, 1.807) is 4.57 Å². The van der Waals surface area contributed by atoms with Crippen molar-refractivity contribution in [2.75, 3.05) is 0 Å². The SMILES string of the molecule is [CH]n1c(C)nc2c(C)cc(-c3ccccc3)cc21. The number of fused-ring (bicyclic) bond motifs is 1. The minimum Gasteiger partial charge on any atom is -0.321 e. The van der Waals surface area contributed by atoms with Crippen molar-refractivity contribution in [2.24, 2.45) is 0 Å². The fraction of sp³-hybridized carbons (Fsp3) is 0.125. The molecule has 2 aromatic carbocycles. The first kappa shape index (κ1) is 11.0. The molecule has 0 aliphatic carbocycles. The predicted molar refractivity (Wildman–Crippen MR) is 74.3 cm³/mol. The van der Waals surface area contributed by atoms with Crippen LogP contribution in [0.5, 0.6) is 0 Å². The molecule has 0 aliphatic rings. The van der Waals surface area contributed by atoms with Crippen molar-refractivity contribution in [2.45, 2.75) is 13.8 Å². The smallest absolute Gasteiger partial charge is 0.107 e. The second-order valence-corrected chi connectivity index (χ2v) is 4.56. The van der Waals surface area contributed by atoms with Gasteiger partial charge in [-0.1, -0.05) is 30.3 Å². The topological polar surface area (TPSA) is 17.8 Å². The van der Waals surface area contributed by atoms with Crippen molar-refractivity contribution in [3.63, 3.8) is 0 Å². The van der Waals surface area contributed by atoms with Crippen molar-refractivity contribution < 1.29 is 0 Å². The van der Waals surface area contributed by atoms with Gasteiger partial charge in [-0.05, 0) is 42.7 Å². The summed E-state index contributed by atoms with van der Waals surface area (Å²) in [7, 11) is 6.01. The Morgan fingerprint density at radius 2 is 1.72 bits per heavy atom. The van der Waals surface area contributed by atoms with Gasteiger partial charge in [0.15, 0.2) is 0 Å². The third kappa shape index (κ3) is 1.61. The lowest BCUT2D eigenvalue weighted by atomic mass is 10.0. The van der Waals surface area contributed by atoms with Gasteiger partial charge in [-0.2, -0.15) is 0 Å². The minimum absolute atomic E-state index is 0.832. The number of nitrogens with zero attached hydrogens (tertiary/aromatic N) is 2. The van der Waals surface area contributed by atoms with Crippen molar-refractivity contribution in [1.29, 1.82) is 0 Å². The maximum absolute atomic E-state index is 6.01. The number of hydrogen-bond donors (Lipinski definition) is 0. The molecule has 1 aromatic heterocycles. The summed E-state index contributed by atoms with van der Waals surface area (Å²) in [4.78, 5) is 4.48. The zero-order valence-electron chi connectivity index (χ0n) is 10.5. The molecule has 2 radical (unpaired) electrons. The van der Waals surface area contributed by atoms with E-state index in [4.69, 9.17) is 7.05 Å². The molecule has 0 aliphatic heterocycles. The quantitative estimate of drug-likeness (QED) is 0.625. The lowest BCUT2D eigenvalue weighted by Crippen LogP contribution is -1.88. The molecule has 18 heavy (non-hydrogen) atoms. The van der Waals surface area contributed by atoms with Crippen molar-refractivity contribution >= 4 is 11.0 Å². The monoisotopic (exact) mass is 234 g/mol. The van der Waals surface area contributed by atoms with Gasteiger partial charge in [0.25, 0.3) is 0 Å². The molecule has 0 N–H and O–H groups in total. The Morgan fingerprint density at radius 3 is 2.44 bits per heavy atom. The average Bonchev–Trinajstić information content (AvgIpc) is 2.68. The summed E-state index contributed by atoms with van der Waals surface area (Å²) in [6.45, 7) is 3.99. The zero-order chi connectivity index (χ0) is 12.7.